The second-order valence-electron chi connectivity index (χ2n) is 3.23. The number of hydrogen-bond donors (Lipinski definition) is 0. The molecule has 0 N–H and O–H groups in total. The number of aliphatic imine (C=N–C) groups is 1. The van der Waals surface area contributed by atoms with Crippen molar-refractivity contribution < 1.29 is 9.53 Å². The van der Waals surface area contributed by atoms with Crippen LogP contribution in [0.5, 0.6) is 0 Å². The van der Waals surface area contributed by atoms with E-state index < -0.39 is 0 Å². The molecule has 0 radical (unpaired) electrons. The lowest BCUT2D eigenvalue weighted by Crippen LogP contribution is -2.23. The van der Waals surface area contributed by atoms with Crippen LogP contribution >= 0.6 is 0 Å². The van der Waals surface area contributed by atoms with Gasteiger partial charge in [-0.1, -0.05) is 0 Å². The van der Waals surface area contributed by atoms with Crippen molar-refractivity contribution in [3.05, 3.63) is 11.1 Å². The number of carbonyl (C=O) groups is 1. The second kappa shape index (κ2) is 2.73. The zero-order valence-electron chi connectivity index (χ0n) is 7.04. The molecule has 2 aliphatic rings. The molecule has 0 amide bonds. The highest BCUT2D eigenvalue weighted by atomic mass is 16.5. The average molecular weight is 165 g/mol. The van der Waals surface area contributed by atoms with E-state index in [9.17, 15) is 4.79 Å². The molecule has 3 heteroatoms. The minimum absolute atomic E-state index is 0.202. The summed E-state index contributed by atoms with van der Waals surface area (Å²) in [5.41, 5.74) is 1.91. The molecule has 0 saturated heterocycles. The lowest BCUT2D eigenvalue weighted by molar-refractivity contribution is -0.139. The first-order valence-electron chi connectivity index (χ1n) is 4.19. The van der Waals surface area contributed by atoms with Crippen LogP contribution in [-0.4, -0.2) is 24.8 Å². The first-order chi connectivity index (χ1) is 5.77. The molecule has 0 aromatic rings. The number of dihydropyridines is 1. The van der Waals surface area contributed by atoms with E-state index in [1.54, 1.807) is 6.21 Å². The molecular formula is C9H11NO2. The maximum absolute atomic E-state index is 11.2. The molecule has 0 aromatic heterocycles. The zero-order chi connectivity index (χ0) is 8.55. The van der Waals surface area contributed by atoms with Gasteiger partial charge in [-0.2, -0.15) is 0 Å². The van der Waals surface area contributed by atoms with Crippen LogP contribution in [0.1, 0.15) is 19.8 Å². The summed E-state index contributed by atoms with van der Waals surface area (Å²) >= 11 is 0. The van der Waals surface area contributed by atoms with E-state index in [4.69, 9.17) is 4.74 Å². The Balaban J connectivity index is 2.31. The Morgan fingerprint density at radius 1 is 1.67 bits per heavy atom. The lowest BCUT2D eigenvalue weighted by Gasteiger charge is -2.22. The Hall–Kier alpha value is -1.12. The second-order valence-corrected chi connectivity index (χ2v) is 3.23. The van der Waals surface area contributed by atoms with Gasteiger partial charge >= 0.3 is 5.97 Å². The first kappa shape index (κ1) is 7.53. The predicted octanol–water partition coefficient (Wildman–Crippen LogP) is 1.09. The molecule has 0 aliphatic carbocycles. The van der Waals surface area contributed by atoms with Gasteiger partial charge in [-0.25, -0.2) is 4.79 Å². The third kappa shape index (κ3) is 1.15. The van der Waals surface area contributed by atoms with Crippen LogP contribution in [0.4, 0.5) is 0 Å². The minimum atomic E-state index is -0.202. The third-order valence-electron chi connectivity index (χ3n) is 2.24. The smallest absolute Gasteiger partial charge is 0.339 e. The Labute approximate surface area is 71.1 Å². The quantitative estimate of drug-likeness (QED) is 0.504. The van der Waals surface area contributed by atoms with Crippen molar-refractivity contribution in [2.24, 2.45) is 4.99 Å². The topological polar surface area (TPSA) is 38.7 Å². The average Bonchev–Trinajstić information content (AvgIpc) is 2.04. The van der Waals surface area contributed by atoms with Gasteiger partial charge in [0, 0.05) is 12.6 Å². The fourth-order valence-corrected chi connectivity index (χ4v) is 1.59. The largest absolute Gasteiger partial charge is 0.462 e. The van der Waals surface area contributed by atoms with Crippen molar-refractivity contribution in [1.29, 1.82) is 0 Å². The van der Waals surface area contributed by atoms with E-state index in [0.29, 0.717) is 18.2 Å². The van der Waals surface area contributed by atoms with E-state index in [2.05, 4.69) is 11.9 Å². The van der Waals surface area contributed by atoms with Gasteiger partial charge in [-0.3, -0.25) is 4.99 Å². The normalized spacial score (nSPS) is 28.4. The Morgan fingerprint density at radius 3 is 3.33 bits per heavy atom. The van der Waals surface area contributed by atoms with Gasteiger partial charge in [0.2, 0.25) is 0 Å². The van der Waals surface area contributed by atoms with Gasteiger partial charge in [0.25, 0.3) is 0 Å². The molecule has 0 aromatic carbocycles. The molecule has 0 fully saturated rings. The first-order valence-corrected chi connectivity index (χ1v) is 4.19. The fourth-order valence-electron chi connectivity index (χ4n) is 1.59. The summed E-state index contributed by atoms with van der Waals surface area (Å²) in [4.78, 5) is 15.3. The summed E-state index contributed by atoms with van der Waals surface area (Å²) in [7, 11) is 0. The monoisotopic (exact) mass is 165 g/mol. The molecule has 0 bridgehead atoms. The molecule has 12 heavy (non-hydrogen) atoms. The maximum Gasteiger partial charge on any atom is 0.339 e. The van der Waals surface area contributed by atoms with Gasteiger partial charge in [-0.15, -0.1) is 0 Å². The van der Waals surface area contributed by atoms with Crippen molar-refractivity contribution in [3.63, 3.8) is 0 Å². The third-order valence-corrected chi connectivity index (χ3v) is 2.24. The molecule has 2 rings (SSSR count). The van der Waals surface area contributed by atoms with E-state index in [1.807, 2.05) is 0 Å². The Morgan fingerprint density at radius 2 is 2.50 bits per heavy atom. The number of cyclic esters (lactones) is 1. The molecule has 0 saturated carbocycles. The summed E-state index contributed by atoms with van der Waals surface area (Å²) in [6, 6.07) is 0.328. The minimum Gasteiger partial charge on any atom is -0.462 e. The number of carbonyl (C=O) groups excluding carboxylic acids is 1. The van der Waals surface area contributed by atoms with Gasteiger partial charge in [0.15, 0.2) is 0 Å². The van der Waals surface area contributed by atoms with Gasteiger partial charge in [-0.05, 0) is 18.9 Å². The van der Waals surface area contributed by atoms with E-state index in [0.717, 1.165) is 12.8 Å². The van der Waals surface area contributed by atoms with Crippen molar-refractivity contribution in [1.82, 2.24) is 0 Å². The van der Waals surface area contributed by atoms with Crippen LogP contribution in [0.2, 0.25) is 0 Å². The lowest BCUT2D eigenvalue weighted by atomic mass is 9.95. The van der Waals surface area contributed by atoms with Crippen LogP contribution in [0, 0.1) is 0 Å². The highest BCUT2D eigenvalue weighted by Crippen LogP contribution is 2.24. The fraction of sp³-hybridized carbons (Fsp3) is 0.556. The van der Waals surface area contributed by atoms with Crippen molar-refractivity contribution in [2.45, 2.75) is 25.8 Å². The van der Waals surface area contributed by atoms with Crippen molar-refractivity contribution >= 4 is 12.2 Å². The number of rotatable bonds is 0. The van der Waals surface area contributed by atoms with E-state index in [1.165, 1.54) is 5.57 Å². The van der Waals surface area contributed by atoms with Gasteiger partial charge in [0.05, 0.1) is 18.2 Å². The molecule has 1 unspecified atom stereocenters. The van der Waals surface area contributed by atoms with Gasteiger partial charge in [0.1, 0.15) is 0 Å². The summed E-state index contributed by atoms with van der Waals surface area (Å²) in [6.07, 6.45) is 3.46. The van der Waals surface area contributed by atoms with Crippen LogP contribution < -0.4 is 0 Å². The zero-order valence-corrected chi connectivity index (χ0v) is 7.04. The molecule has 0 spiro atoms. The summed E-state index contributed by atoms with van der Waals surface area (Å²) < 4.78 is 4.89. The van der Waals surface area contributed by atoms with Crippen LogP contribution in [0.15, 0.2) is 16.1 Å². The SMILES string of the molecule is CC1CC2=C(C=N1)C(=O)OCC2. The Kier molecular flexibility index (Phi) is 1.71. The van der Waals surface area contributed by atoms with Crippen LogP contribution in [-0.2, 0) is 9.53 Å². The molecule has 3 nitrogen and oxygen atoms in total. The van der Waals surface area contributed by atoms with Crippen LogP contribution in [0.25, 0.3) is 0 Å². The Bertz CT molecular complexity index is 278. The number of ether oxygens (including phenoxy) is 1. The number of esters is 1. The summed E-state index contributed by atoms with van der Waals surface area (Å²) in [5.74, 6) is -0.202. The summed E-state index contributed by atoms with van der Waals surface area (Å²) in [5, 5.41) is 0. The number of hydrogen-bond acceptors (Lipinski definition) is 3. The molecule has 2 aliphatic heterocycles. The van der Waals surface area contributed by atoms with Crippen molar-refractivity contribution in [3.8, 4) is 0 Å². The highest BCUT2D eigenvalue weighted by molar-refractivity contribution is 6.11. The van der Waals surface area contributed by atoms with Crippen molar-refractivity contribution in [2.75, 3.05) is 6.61 Å². The summed E-state index contributed by atoms with van der Waals surface area (Å²) in [6.45, 7) is 2.60. The van der Waals surface area contributed by atoms with E-state index >= 15 is 0 Å². The molecule has 64 valence electrons. The van der Waals surface area contributed by atoms with Crippen LogP contribution in [0.3, 0.4) is 0 Å². The maximum atomic E-state index is 11.2. The van der Waals surface area contributed by atoms with Gasteiger partial charge < -0.3 is 4.74 Å². The highest BCUT2D eigenvalue weighted by Gasteiger charge is 2.24. The number of nitrogens with zero attached hydrogens (tertiary/aromatic N) is 1. The standard InChI is InChI=1S/C9H11NO2/c1-6-4-7-2-3-12-9(11)8(7)5-10-6/h5-6H,2-4H2,1H3. The predicted molar refractivity (Wildman–Crippen MR) is 45.2 cm³/mol. The molecule has 2 heterocycles. The molecular weight excluding hydrogens is 154 g/mol. The van der Waals surface area contributed by atoms with E-state index in [-0.39, 0.29) is 5.97 Å². The molecule has 1 atom stereocenters.